The highest BCUT2D eigenvalue weighted by atomic mass is 16.5. The monoisotopic (exact) mass is 253 g/mol. The average molecular weight is 253 g/mol. The zero-order chi connectivity index (χ0) is 12.9. The van der Waals surface area contributed by atoms with E-state index >= 15 is 0 Å². The van der Waals surface area contributed by atoms with E-state index in [1.807, 2.05) is 0 Å². The third-order valence-corrected chi connectivity index (χ3v) is 4.41. The summed E-state index contributed by atoms with van der Waals surface area (Å²) >= 11 is 0. The zero-order valence-electron chi connectivity index (χ0n) is 10.5. The molecule has 1 amide bonds. The molecule has 2 saturated heterocycles. The molecule has 3 fully saturated rings. The number of carbonyl (C=O) groups is 2. The van der Waals surface area contributed by atoms with E-state index in [1.54, 1.807) is 6.92 Å². The minimum Gasteiger partial charge on any atom is -0.481 e. The summed E-state index contributed by atoms with van der Waals surface area (Å²) in [5.41, 5.74) is 0. The number of carboxylic acid groups (broad SMARTS) is 1. The lowest BCUT2D eigenvalue weighted by Gasteiger charge is -2.21. The minimum absolute atomic E-state index is 0.0397. The van der Waals surface area contributed by atoms with Crippen LogP contribution in [0, 0.1) is 17.8 Å². The molecule has 2 heterocycles. The molecule has 0 aromatic heterocycles. The molecule has 0 aromatic rings. The van der Waals surface area contributed by atoms with Crippen molar-refractivity contribution in [3.8, 4) is 0 Å². The Morgan fingerprint density at radius 3 is 2.72 bits per heavy atom. The van der Waals surface area contributed by atoms with Crippen molar-refractivity contribution >= 4 is 11.9 Å². The number of nitrogens with one attached hydrogen (secondary N) is 1. The van der Waals surface area contributed by atoms with Crippen molar-refractivity contribution in [2.75, 3.05) is 0 Å². The Bertz CT molecular complexity index is 383. The largest absolute Gasteiger partial charge is 0.481 e. The van der Waals surface area contributed by atoms with Gasteiger partial charge in [0.1, 0.15) is 0 Å². The normalized spacial score (nSPS) is 41.3. The second kappa shape index (κ2) is 4.23. The van der Waals surface area contributed by atoms with Crippen LogP contribution < -0.4 is 5.32 Å². The molecular weight excluding hydrogens is 234 g/mol. The van der Waals surface area contributed by atoms with Crippen molar-refractivity contribution in [1.82, 2.24) is 5.32 Å². The molecule has 2 bridgehead atoms. The van der Waals surface area contributed by atoms with Gasteiger partial charge in [-0.15, -0.1) is 0 Å². The van der Waals surface area contributed by atoms with Gasteiger partial charge in [-0.05, 0) is 30.6 Å². The SMILES string of the molecule is CC(CC(=O)O)CC(=O)NC1CC2OC1C1CC21. The van der Waals surface area contributed by atoms with Crippen molar-refractivity contribution in [2.45, 2.75) is 50.9 Å². The number of amides is 1. The second-order valence-electron chi connectivity index (χ2n) is 6.02. The van der Waals surface area contributed by atoms with Gasteiger partial charge >= 0.3 is 5.97 Å². The Balaban J connectivity index is 1.46. The maximum Gasteiger partial charge on any atom is 0.303 e. The predicted molar refractivity (Wildman–Crippen MR) is 62.8 cm³/mol. The van der Waals surface area contributed by atoms with Crippen LogP contribution in [-0.2, 0) is 14.3 Å². The van der Waals surface area contributed by atoms with Crippen LogP contribution in [0.5, 0.6) is 0 Å². The quantitative estimate of drug-likeness (QED) is 0.759. The molecule has 1 saturated carbocycles. The third-order valence-electron chi connectivity index (χ3n) is 4.41. The third kappa shape index (κ3) is 2.11. The van der Waals surface area contributed by atoms with Crippen LogP contribution in [0.4, 0.5) is 0 Å². The van der Waals surface area contributed by atoms with E-state index in [9.17, 15) is 9.59 Å². The van der Waals surface area contributed by atoms with Gasteiger partial charge < -0.3 is 15.2 Å². The fraction of sp³-hybridized carbons (Fsp3) is 0.846. The lowest BCUT2D eigenvalue weighted by Crippen LogP contribution is -2.42. The zero-order valence-corrected chi connectivity index (χ0v) is 10.5. The molecule has 2 aliphatic heterocycles. The first-order valence-electron chi connectivity index (χ1n) is 6.71. The fourth-order valence-electron chi connectivity index (χ4n) is 3.55. The molecule has 3 rings (SSSR count). The van der Waals surface area contributed by atoms with Crippen LogP contribution in [-0.4, -0.2) is 35.2 Å². The molecule has 0 radical (unpaired) electrons. The highest BCUT2D eigenvalue weighted by molar-refractivity contribution is 5.77. The van der Waals surface area contributed by atoms with Gasteiger partial charge in [-0.25, -0.2) is 0 Å². The fourth-order valence-corrected chi connectivity index (χ4v) is 3.55. The maximum absolute atomic E-state index is 11.8. The van der Waals surface area contributed by atoms with E-state index in [0.29, 0.717) is 12.0 Å². The minimum atomic E-state index is -0.848. The maximum atomic E-state index is 11.8. The number of carbonyl (C=O) groups excluding carboxylic acids is 1. The first kappa shape index (κ1) is 12.0. The molecule has 3 aliphatic rings. The van der Waals surface area contributed by atoms with Gasteiger partial charge in [-0.1, -0.05) is 6.92 Å². The summed E-state index contributed by atoms with van der Waals surface area (Å²) in [4.78, 5) is 22.4. The Kier molecular flexibility index (Phi) is 2.81. The number of hydrogen-bond donors (Lipinski definition) is 2. The first-order valence-corrected chi connectivity index (χ1v) is 6.71. The molecule has 2 N–H and O–H groups in total. The highest BCUT2D eigenvalue weighted by Gasteiger charge is 2.62. The van der Waals surface area contributed by atoms with E-state index < -0.39 is 5.97 Å². The number of ether oxygens (including phenoxy) is 1. The lowest BCUT2D eigenvalue weighted by molar-refractivity contribution is -0.138. The number of hydrogen-bond acceptors (Lipinski definition) is 3. The molecular formula is C13H19NO4. The van der Waals surface area contributed by atoms with Crippen LogP contribution in [0.3, 0.4) is 0 Å². The van der Waals surface area contributed by atoms with Crippen LogP contribution in [0.25, 0.3) is 0 Å². The summed E-state index contributed by atoms with van der Waals surface area (Å²) in [6.45, 7) is 1.79. The summed E-state index contributed by atoms with van der Waals surface area (Å²) in [6, 6.07) is 0.156. The molecule has 0 spiro atoms. The number of fused-ring (bicyclic) bond motifs is 5. The second-order valence-corrected chi connectivity index (χ2v) is 6.02. The Hall–Kier alpha value is -1.10. The number of carboxylic acids is 1. The van der Waals surface area contributed by atoms with Crippen molar-refractivity contribution in [1.29, 1.82) is 0 Å². The van der Waals surface area contributed by atoms with Gasteiger partial charge in [0.05, 0.1) is 18.2 Å². The molecule has 100 valence electrons. The van der Waals surface area contributed by atoms with E-state index in [2.05, 4.69) is 5.32 Å². The van der Waals surface area contributed by atoms with Crippen molar-refractivity contribution < 1.29 is 19.4 Å². The van der Waals surface area contributed by atoms with Gasteiger partial charge in [0, 0.05) is 12.8 Å². The summed E-state index contributed by atoms with van der Waals surface area (Å²) < 4.78 is 5.81. The van der Waals surface area contributed by atoms with Crippen molar-refractivity contribution in [3.05, 3.63) is 0 Å². The van der Waals surface area contributed by atoms with Crippen LogP contribution in [0.1, 0.15) is 32.6 Å². The Morgan fingerprint density at radius 1 is 1.33 bits per heavy atom. The standard InChI is InChI=1S/C13H19NO4/c1-6(3-12(16)17)2-11(15)14-9-5-10-7-4-8(7)13(9)18-10/h6-10,13H,2-5H2,1H3,(H,14,15)(H,16,17). The smallest absolute Gasteiger partial charge is 0.303 e. The highest BCUT2D eigenvalue weighted by Crippen LogP contribution is 2.58. The topological polar surface area (TPSA) is 75.6 Å². The summed E-state index contributed by atoms with van der Waals surface area (Å²) in [6.07, 6.45) is 3.11. The van der Waals surface area contributed by atoms with Crippen LogP contribution in [0.15, 0.2) is 0 Å². The van der Waals surface area contributed by atoms with Gasteiger partial charge in [0.15, 0.2) is 0 Å². The van der Waals surface area contributed by atoms with E-state index in [0.717, 1.165) is 12.3 Å². The van der Waals surface area contributed by atoms with Gasteiger partial charge in [0.25, 0.3) is 0 Å². The Labute approximate surface area is 106 Å². The molecule has 18 heavy (non-hydrogen) atoms. The molecule has 0 aromatic carbocycles. The van der Waals surface area contributed by atoms with Crippen LogP contribution in [0.2, 0.25) is 0 Å². The molecule has 5 nitrogen and oxygen atoms in total. The molecule has 5 heteroatoms. The summed E-state index contributed by atoms with van der Waals surface area (Å²) in [5.74, 6) is 0.428. The number of rotatable bonds is 5. The first-order chi connectivity index (χ1) is 8.54. The van der Waals surface area contributed by atoms with Crippen LogP contribution >= 0.6 is 0 Å². The van der Waals surface area contributed by atoms with Gasteiger partial charge in [-0.3, -0.25) is 9.59 Å². The number of aliphatic carboxylic acids is 1. The van der Waals surface area contributed by atoms with Gasteiger partial charge in [0.2, 0.25) is 5.91 Å². The molecule has 6 unspecified atom stereocenters. The van der Waals surface area contributed by atoms with Crippen molar-refractivity contribution in [2.24, 2.45) is 17.8 Å². The summed E-state index contributed by atoms with van der Waals surface area (Å²) in [7, 11) is 0. The average Bonchev–Trinajstić information content (AvgIpc) is 2.86. The Morgan fingerprint density at radius 2 is 2.11 bits per heavy atom. The van der Waals surface area contributed by atoms with Gasteiger partial charge in [-0.2, -0.15) is 0 Å². The van der Waals surface area contributed by atoms with E-state index in [-0.39, 0.29) is 36.8 Å². The van der Waals surface area contributed by atoms with Crippen molar-refractivity contribution in [3.63, 3.8) is 0 Å². The predicted octanol–water partition coefficient (Wildman–Crippen LogP) is 0.779. The lowest BCUT2D eigenvalue weighted by atomic mass is 9.95. The molecule has 6 atom stereocenters. The van der Waals surface area contributed by atoms with E-state index in [4.69, 9.17) is 9.84 Å². The summed E-state index contributed by atoms with van der Waals surface area (Å²) in [5, 5.41) is 11.7. The van der Waals surface area contributed by atoms with E-state index in [1.165, 1.54) is 6.42 Å². The molecule has 1 aliphatic carbocycles.